The highest BCUT2D eigenvalue weighted by Gasteiger charge is 2.33. The van der Waals surface area contributed by atoms with Crippen LogP contribution in [-0.2, 0) is 13.6 Å². The number of nitrogens with two attached hydrogens (primary N) is 1. The summed E-state index contributed by atoms with van der Waals surface area (Å²) in [6, 6.07) is 3.30. The highest BCUT2D eigenvalue weighted by Crippen LogP contribution is 2.49. The molecular formula is C11H19N2O3P. The first-order valence-electron chi connectivity index (χ1n) is 5.53. The van der Waals surface area contributed by atoms with Crippen LogP contribution in [0.15, 0.2) is 18.3 Å². The third-order valence-electron chi connectivity index (χ3n) is 1.78. The van der Waals surface area contributed by atoms with Crippen LogP contribution in [0.3, 0.4) is 0 Å². The van der Waals surface area contributed by atoms with Gasteiger partial charge in [-0.3, -0.25) is 4.57 Å². The number of nitrogen functional groups attached to an aromatic ring is 1. The van der Waals surface area contributed by atoms with Crippen LogP contribution in [0, 0.1) is 0 Å². The van der Waals surface area contributed by atoms with Gasteiger partial charge in [-0.05, 0) is 39.8 Å². The Hall–Kier alpha value is -0.900. The molecule has 0 atom stereocenters. The smallest absolute Gasteiger partial charge is 0.382 e. The highest BCUT2D eigenvalue weighted by molar-refractivity contribution is 7.62. The largest absolute Gasteiger partial charge is 0.397 e. The van der Waals surface area contributed by atoms with Crippen molar-refractivity contribution in [3.63, 3.8) is 0 Å². The lowest BCUT2D eigenvalue weighted by molar-refractivity contribution is 0.149. The molecule has 0 aromatic carbocycles. The lowest BCUT2D eigenvalue weighted by atomic mass is 10.4. The van der Waals surface area contributed by atoms with E-state index in [4.69, 9.17) is 14.8 Å². The quantitative estimate of drug-likeness (QED) is 0.820. The van der Waals surface area contributed by atoms with Crippen molar-refractivity contribution >= 4 is 18.7 Å². The predicted molar refractivity (Wildman–Crippen MR) is 68.3 cm³/mol. The molecule has 0 unspecified atom stereocenters. The second-order valence-electron chi connectivity index (χ2n) is 4.22. The van der Waals surface area contributed by atoms with E-state index in [9.17, 15) is 4.57 Å². The molecule has 0 aliphatic carbocycles. The fraction of sp³-hybridized carbons (Fsp3) is 0.545. The summed E-state index contributed by atoms with van der Waals surface area (Å²) in [5, 5.41) is 0. The number of nitrogens with zero attached hydrogens (tertiary/aromatic N) is 1. The van der Waals surface area contributed by atoms with Crippen molar-refractivity contribution in [2.75, 3.05) is 5.73 Å². The van der Waals surface area contributed by atoms with E-state index in [1.54, 1.807) is 39.8 Å². The Balaban J connectivity index is 3.15. The molecule has 1 rings (SSSR count). The molecule has 2 N–H and O–H groups in total. The molecule has 0 saturated carbocycles. The average Bonchev–Trinajstić information content (AvgIpc) is 2.15. The Kier molecular flexibility index (Phi) is 4.69. The SMILES string of the molecule is CC(C)OP(=O)(OC(C)C)c1ncccc1N. The highest BCUT2D eigenvalue weighted by atomic mass is 31.2. The topological polar surface area (TPSA) is 74.4 Å². The van der Waals surface area contributed by atoms with Crippen LogP contribution in [0.4, 0.5) is 5.69 Å². The van der Waals surface area contributed by atoms with Crippen LogP contribution < -0.4 is 11.2 Å². The number of hydrogen-bond donors (Lipinski definition) is 1. The Morgan fingerprint density at radius 1 is 1.24 bits per heavy atom. The summed E-state index contributed by atoms with van der Waals surface area (Å²) in [4.78, 5) is 4.02. The summed E-state index contributed by atoms with van der Waals surface area (Å²) in [5.41, 5.74) is 6.26. The summed E-state index contributed by atoms with van der Waals surface area (Å²) >= 11 is 0. The van der Waals surface area contributed by atoms with Gasteiger partial charge in [0.05, 0.1) is 17.9 Å². The maximum absolute atomic E-state index is 12.7. The van der Waals surface area contributed by atoms with E-state index in [2.05, 4.69) is 4.98 Å². The molecule has 5 nitrogen and oxygen atoms in total. The average molecular weight is 258 g/mol. The van der Waals surface area contributed by atoms with Gasteiger partial charge in [-0.1, -0.05) is 0 Å². The maximum Gasteiger partial charge on any atom is 0.382 e. The lowest BCUT2D eigenvalue weighted by Gasteiger charge is -2.22. The minimum atomic E-state index is -3.46. The fourth-order valence-corrected chi connectivity index (χ4v) is 3.28. The number of rotatable bonds is 5. The minimum Gasteiger partial charge on any atom is -0.397 e. The number of anilines is 1. The zero-order valence-electron chi connectivity index (χ0n) is 10.6. The molecular weight excluding hydrogens is 239 g/mol. The number of aromatic nitrogens is 1. The zero-order valence-corrected chi connectivity index (χ0v) is 11.5. The molecule has 6 heteroatoms. The molecule has 0 radical (unpaired) electrons. The molecule has 1 aromatic rings. The van der Waals surface area contributed by atoms with Gasteiger partial charge in [0.1, 0.15) is 0 Å². The first-order valence-corrected chi connectivity index (χ1v) is 7.07. The van der Waals surface area contributed by atoms with Gasteiger partial charge >= 0.3 is 7.60 Å². The third kappa shape index (κ3) is 3.80. The monoisotopic (exact) mass is 258 g/mol. The summed E-state index contributed by atoms with van der Waals surface area (Å²) < 4.78 is 23.5. The molecule has 96 valence electrons. The van der Waals surface area contributed by atoms with Crippen molar-refractivity contribution in [3.8, 4) is 0 Å². The van der Waals surface area contributed by atoms with Gasteiger partial charge in [-0.25, -0.2) is 4.98 Å². The van der Waals surface area contributed by atoms with Gasteiger partial charge in [0.25, 0.3) is 0 Å². The van der Waals surface area contributed by atoms with Gasteiger partial charge in [-0.2, -0.15) is 0 Å². The third-order valence-corrected chi connectivity index (χ3v) is 4.07. The van der Waals surface area contributed by atoms with Gasteiger partial charge in [-0.15, -0.1) is 0 Å². The van der Waals surface area contributed by atoms with Crippen LogP contribution >= 0.6 is 7.60 Å². The fourth-order valence-electron chi connectivity index (χ4n) is 1.32. The molecule has 1 aromatic heterocycles. The van der Waals surface area contributed by atoms with Crippen molar-refractivity contribution in [2.24, 2.45) is 0 Å². The van der Waals surface area contributed by atoms with Crippen LogP contribution in [0.5, 0.6) is 0 Å². The van der Waals surface area contributed by atoms with Crippen molar-refractivity contribution in [1.29, 1.82) is 0 Å². The normalized spacial score (nSPS) is 12.4. The summed E-state index contributed by atoms with van der Waals surface area (Å²) in [5.74, 6) is 0. The molecule has 0 fully saturated rings. The molecule has 0 aliphatic heterocycles. The van der Waals surface area contributed by atoms with Gasteiger partial charge < -0.3 is 14.8 Å². The Morgan fingerprint density at radius 2 is 1.76 bits per heavy atom. The van der Waals surface area contributed by atoms with E-state index >= 15 is 0 Å². The maximum atomic E-state index is 12.7. The first-order chi connectivity index (χ1) is 7.85. The summed E-state index contributed by atoms with van der Waals surface area (Å²) in [7, 11) is -3.46. The van der Waals surface area contributed by atoms with Crippen LogP contribution in [-0.4, -0.2) is 17.2 Å². The van der Waals surface area contributed by atoms with Crippen LogP contribution in [0.2, 0.25) is 0 Å². The number of pyridine rings is 1. The summed E-state index contributed by atoms with van der Waals surface area (Å²) in [6.45, 7) is 7.15. The molecule has 0 saturated heterocycles. The van der Waals surface area contributed by atoms with E-state index in [-0.39, 0.29) is 17.6 Å². The second kappa shape index (κ2) is 5.63. The van der Waals surface area contributed by atoms with E-state index < -0.39 is 7.60 Å². The van der Waals surface area contributed by atoms with Crippen molar-refractivity contribution in [2.45, 2.75) is 39.9 Å². The predicted octanol–water partition coefficient (Wildman–Crippen LogP) is 2.33. The Bertz CT molecular complexity index is 407. The van der Waals surface area contributed by atoms with Crippen molar-refractivity contribution < 1.29 is 13.6 Å². The van der Waals surface area contributed by atoms with E-state index in [1.807, 2.05) is 0 Å². The van der Waals surface area contributed by atoms with E-state index in [1.165, 1.54) is 6.20 Å². The van der Waals surface area contributed by atoms with Gasteiger partial charge in [0.15, 0.2) is 5.44 Å². The van der Waals surface area contributed by atoms with E-state index in [0.717, 1.165) is 0 Å². The molecule has 17 heavy (non-hydrogen) atoms. The first kappa shape index (κ1) is 14.2. The Morgan fingerprint density at radius 3 is 2.18 bits per heavy atom. The second-order valence-corrected chi connectivity index (χ2v) is 6.06. The van der Waals surface area contributed by atoms with Crippen molar-refractivity contribution in [3.05, 3.63) is 18.3 Å². The van der Waals surface area contributed by atoms with Gasteiger partial charge in [0, 0.05) is 6.20 Å². The minimum absolute atomic E-state index is 0.183. The van der Waals surface area contributed by atoms with Crippen molar-refractivity contribution in [1.82, 2.24) is 4.98 Å². The summed E-state index contributed by atoms with van der Waals surface area (Å²) in [6.07, 6.45) is 1.05. The molecule has 0 bridgehead atoms. The molecule has 0 aliphatic rings. The Labute approximate surface area is 102 Å². The standard InChI is InChI=1S/C11H19N2O3P/c1-8(2)15-17(14,16-9(3)4)11-10(12)6-5-7-13-11/h5-9H,12H2,1-4H3. The molecule has 0 spiro atoms. The number of hydrogen-bond acceptors (Lipinski definition) is 5. The molecule has 0 amide bonds. The van der Waals surface area contributed by atoms with Gasteiger partial charge in [0.2, 0.25) is 0 Å². The van der Waals surface area contributed by atoms with Crippen LogP contribution in [0.25, 0.3) is 0 Å². The lowest BCUT2D eigenvalue weighted by Crippen LogP contribution is -2.21. The zero-order chi connectivity index (χ0) is 13.1. The van der Waals surface area contributed by atoms with Crippen LogP contribution in [0.1, 0.15) is 27.7 Å². The molecule has 1 heterocycles. The van der Waals surface area contributed by atoms with E-state index in [0.29, 0.717) is 5.69 Å².